The molecule has 0 radical (unpaired) electrons. The lowest BCUT2D eigenvalue weighted by Crippen LogP contribution is -2.68. The maximum Gasteiger partial charge on any atom is 0.338 e. The fourth-order valence-corrected chi connectivity index (χ4v) is 10.5. The molecule has 410 valence electrons. The molecule has 0 spiro atoms. The third kappa shape index (κ3) is 10.3. The van der Waals surface area contributed by atoms with Gasteiger partial charge < -0.3 is 104 Å². The average molecular weight is 1070 g/mol. The Morgan fingerprint density at radius 3 is 1.36 bits per heavy atom. The summed E-state index contributed by atoms with van der Waals surface area (Å²) in [5.41, 5.74) is -0.0918. The third-order valence-electron chi connectivity index (χ3n) is 14.8. The molecule has 6 aromatic rings. The minimum absolute atomic E-state index is 0.0423. The van der Waals surface area contributed by atoms with Crippen molar-refractivity contribution in [2.24, 2.45) is 0 Å². The highest BCUT2D eigenvalue weighted by Gasteiger charge is 2.58. The number of esters is 2. The van der Waals surface area contributed by atoms with Crippen LogP contribution in [-0.4, -0.2) is 217 Å². The number of carbonyl (C=O) groups is 2. The van der Waals surface area contributed by atoms with E-state index in [-0.39, 0.29) is 11.1 Å². The van der Waals surface area contributed by atoms with E-state index in [1.807, 2.05) is 72.8 Å². The molecule has 8 saturated heterocycles. The second-order valence-corrected chi connectivity index (χ2v) is 19.7. The van der Waals surface area contributed by atoms with E-state index in [9.17, 15) is 65.8 Å². The molecule has 0 saturated carbocycles. The molecule has 8 bridgehead atoms. The fourth-order valence-electron chi connectivity index (χ4n) is 10.5. The van der Waals surface area contributed by atoms with Crippen molar-refractivity contribution in [3.8, 4) is 0 Å². The summed E-state index contributed by atoms with van der Waals surface area (Å²) in [5, 5.41) is 130. The van der Waals surface area contributed by atoms with Crippen molar-refractivity contribution in [3.05, 3.63) is 120 Å². The van der Waals surface area contributed by atoms with Crippen molar-refractivity contribution in [2.45, 2.75) is 129 Å². The van der Waals surface area contributed by atoms with Crippen molar-refractivity contribution >= 4 is 55.0 Å². The summed E-state index contributed by atoms with van der Waals surface area (Å²) in [7, 11) is 0. The second-order valence-electron chi connectivity index (χ2n) is 19.7. The van der Waals surface area contributed by atoms with Gasteiger partial charge in [-0.05, 0) is 91.6 Å². The summed E-state index contributed by atoms with van der Waals surface area (Å²) in [6, 6.07) is 32.0. The molecular formula is C54H56O23. The van der Waals surface area contributed by atoms with Gasteiger partial charge in [-0.2, -0.15) is 0 Å². The highest BCUT2D eigenvalue weighted by atomic mass is 16.8. The van der Waals surface area contributed by atoms with Crippen LogP contribution in [0.25, 0.3) is 43.1 Å². The standard InChI is InChI=1S/C54H56O23/c55-19-32-44-37(59)40(62)51(69-32)68-21-34-35(57)36(58)39(61)52(71-34)74-43-33(20-56)70-53(41(63)38(43)60)77-50(67)46-42(64)45(72-48(65)28-11-9-26-13-22-5-1-3-7-24(22)15-30(26)17-28)47(54(75-44)76-46)73-49(66)29-12-10-27-14-23-6-2-4-8-25(23)16-31(27)18-29/h1-18,32-47,50-64,67H,19-21H2/t32-,33-,34-,35-,36+,37-,38-,39-,40-,41-,42+,43-,44-,45+,46+,47-,50?,51+,52-,53-,54+/m1/s1. The van der Waals surface area contributed by atoms with Crippen molar-refractivity contribution in [1.29, 1.82) is 0 Å². The maximum atomic E-state index is 14.5. The number of aliphatic hydroxyl groups excluding tert-OH is 11. The smallest absolute Gasteiger partial charge is 0.338 e. The van der Waals surface area contributed by atoms with E-state index in [4.69, 9.17) is 47.4 Å². The number of carbonyl (C=O) groups excluding carboxylic acids is 2. The Kier molecular flexibility index (Phi) is 15.3. The predicted molar refractivity (Wildman–Crippen MR) is 261 cm³/mol. The van der Waals surface area contributed by atoms with Gasteiger partial charge in [0.2, 0.25) is 0 Å². The van der Waals surface area contributed by atoms with Gasteiger partial charge in [-0.1, -0.05) is 60.7 Å². The molecule has 77 heavy (non-hydrogen) atoms. The highest BCUT2D eigenvalue weighted by molar-refractivity contribution is 6.03. The summed E-state index contributed by atoms with van der Waals surface area (Å²) in [6.45, 7) is -2.71. The molecule has 8 fully saturated rings. The fraction of sp³-hybridized carbons (Fsp3) is 0.444. The van der Waals surface area contributed by atoms with Crippen LogP contribution in [0.3, 0.4) is 0 Å². The van der Waals surface area contributed by atoms with Crippen molar-refractivity contribution in [1.82, 2.24) is 0 Å². The Balaban J connectivity index is 0.982. The van der Waals surface area contributed by atoms with Crippen LogP contribution in [0.5, 0.6) is 0 Å². The predicted octanol–water partition coefficient (Wildman–Crippen LogP) is -1.04. The summed E-state index contributed by atoms with van der Waals surface area (Å²) in [6.07, 6.45) is -42.1. The van der Waals surface area contributed by atoms with Gasteiger partial charge in [-0.15, -0.1) is 0 Å². The first kappa shape index (κ1) is 53.5. The minimum atomic E-state index is -2.49. The number of hydrogen-bond acceptors (Lipinski definition) is 23. The Labute approximate surface area is 436 Å². The van der Waals surface area contributed by atoms with Crippen LogP contribution in [0.15, 0.2) is 109 Å². The molecule has 0 aliphatic carbocycles. The molecule has 21 atom stereocenters. The third-order valence-corrected chi connectivity index (χ3v) is 14.8. The van der Waals surface area contributed by atoms with E-state index in [0.29, 0.717) is 10.8 Å². The lowest BCUT2D eigenvalue weighted by Gasteiger charge is -2.49. The Morgan fingerprint density at radius 2 is 0.831 bits per heavy atom. The Hall–Kier alpha value is -5.46. The number of ether oxygens (including phenoxy) is 10. The molecule has 14 rings (SSSR count). The van der Waals surface area contributed by atoms with Crippen LogP contribution in [0.2, 0.25) is 0 Å². The van der Waals surface area contributed by atoms with Crippen molar-refractivity contribution in [2.75, 3.05) is 19.8 Å². The highest BCUT2D eigenvalue weighted by Crippen LogP contribution is 2.38. The molecule has 8 aliphatic rings. The van der Waals surface area contributed by atoms with Gasteiger partial charge in [0, 0.05) is 0 Å². The quantitative estimate of drug-likeness (QED) is 0.0701. The molecular weight excluding hydrogens is 1020 g/mol. The zero-order chi connectivity index (χ0) is 54.0. The summed E-state index contributed by atoms with van der Waals surface area (Å²) >= 11 is 0. The number of hydrogen-bond donors (Lipinski definition) is 11. The molecule has 8 aliphatic heterocycles. The summed E-state index contributed by atoms with van der Waals surface area (Å²) in [4.78, 5) is 29.1. The first-order valence-corrected chi connectivity index (χ1v) is 24.9. The molecule has 11 N–H and O–H groups in total. The number of rotatable bonds is 6. The van der Waals surface area contributed by atoms with Crippen molar-refractivity contribution < 1.29 is 113 Å². The maximum absolute atomic E-state index is 14.5. The van der Waals surface area contributed by atoms with Crippen LogP contribution >= 0.6 is 0 Å². The van der Waals surface area contributed by atoms with Crippen molar-refractivity contribution in [3.63, 3.8) is 0 Å². The zero-order valence-corrected chi connectivity index (χ0v) is 40.5. The van der Waals surface area contributed by atoms with Gasteiger partial charge in [-0.25, -0.2) is 9.59 Å². The molecule has 6 aromatic carbocycles. The van der Waals surface area contributed by atoms with Crippen LogP contribution in [0, 0.1) is 0 Å². The van der Waals surface area contributed by atoms with Gasteiger partial charge in [0.05, 0.1) is 30.9 Å². The van der Waals surface area contributed by atoms with Gasteiger partial charge in [0.25, 0.3) is 0 Å². The first-order chi connectivity index (χ1) is 37.1. The Bertz CT molecular complexity index is 3100. The van der Waals surface area contributed by atoms with E-state index in [1.165, 1.54) is 24.3 Å². The zero-order valence-electron chi connectivity index (χ0n) is 40.5. The normalized spacial score (nSPS) is 37.9. The topological polar surface area (TPSA) is 349 Å². The SMILES string of the molecule is O=C(O[C@H]1[C@H]2O[C@H]3[C@H](O)[C@@H](O)[C@@H](OC[C@H]4O[C@H](O[C@H]5[C@H](O)[C@@H](O)[C@@H](OC(O)[C@@H](O2)[C@@H](O)[C@@H]1OC(=O)c1ccc2cc6ccccc6cc2c1)O[C@@H]5CO)[C@H](O)[C@@H](O)[C@@H]4O)O[C@@H]3CO)c1ccc2cc3ccccc3cc2c1. The van der Waals surface area contributed by atoms with E-state index in [0.717, 1.165) is 32.3 Å². The van der Waals surface area contributed by atoms with Gasteiger partial charge in [-0.3, -0.25) is 0 Å². The molecule has 1 unspecified atom stereocenters. The average Bonchev–Trinajstić information content (AvgIpc) is 3.50. The minimum Gasteiger partial charge on any atom is -0.452 e. The largest absolute Gasteiger partial charge is 0.452 e. The van der Waals surface area contributed by atoms with E-state index < -0.39 is 161 Å². The Morgan fingerprint density at radius 1 is 0.403 bits per heavy atom. The monoisotopic (exact) mass is 1070 g/mol. The van der Waals surface area contributed by atoms with E-state index >= 15 is 0 Å². The van der Waals surface area contributed by atoms with E-state index in [2.05, 4.69) is 0 Å². The van der Waals surface area contributed by atoms with Crippen LogP contribution in [-0.2, 0) is 47.4 Å². The lowest BCUT2D eigenvalue weighted by atomic mass is 9.95. The first-order valence-electron chi connectivity index (χ1n) is 24.9. The summed E-state index contributed by atoms with van der Waals surface area (Å²) < 4.78 is 59.1. The van der Waals surface area contributed by atoms with Gasteiger partial charge in [0.1, 0.15) is 85.5 Å². The summed E-state index contributed by atoms with van der Waals surface area (Å²) in [5.74, 6) is -2.17. The van der Waals surface area contributed by atoms with Crippen LogP contribution < -0.4 is 0 Å². The lowest BCUT2D eigenvalue weighted by molar-refractivity contribution is -0.401. The molecule has 0 amide bonds. The molecule has 23 heteroatoms. The van der Waals surface area contributed by atoms with Crippen LogP contribution in [0.1, 0.15) is 20.7 Å². The number of aliphatic hydroxyl groups is 11. The number of fused-ring (bicyclic) bond motifs is 4. The van der Waals surface area contributed by atoms with E-state index in [1.54, 1.807) is 12.1 Å². The second kappa shape index (κ2) is 22.0. The molecule has 23 nitrogen and oxygen atoms in total. The molecule has 8 heterocycles. The van der Waals surface area contributed by atoms with Crippen LogP contribution in [0.4, 0.5) is 0 Å². The molecule has 0 aromatic heterocycles. The van der Waals surface area contributed by atoms with Gasteiger partial charge >= 0.3 is 11.9 Å². The number of benzene rings is 6. The van der Waals surface area contributed by atoms with Gasteiger partial charge in [0.15, 0.2) is 43.7 Å².